The molecule has 1 aromatic carbocycles. The Bertz CT molecular complexity index is 1630. The second-order valence-electron chi connectivity index (χ2n) is 7.14. The zero-order chi connectivity index (χ0) is 31.9. The average Bonchev–Trinajstić information content (AvgIpc) is 2.81. The summed E-state index contributed by atoms with van der Waals surface area (Å²) in [7, 11) is -2.43. The molecule has 0 unspecified atom stereocenters. The molecule has 0 spiro atoms. The number of hydrogen-bond donors (Lipinski definition) is 2. The van der Waals surface area contributed by atoms with Gasteiger partial charge in [0.05, 0.1) is 36.0 Å². The molecule has 3 rings (SSSR count). The van der Waals surface area contributed by atoms with Gasteiger partial charge in [0.25, 0.3) is 5.56 Å². The quantitative estimate of drug-likeness (QED) is 0.503. The molecule has 2 aromatic heterocycles. The van der Waals surface area contributed by atoms with Crippen LogP contribution in [0.25, 0.3) is 23.3 Å². The Hall–Kier alpha value is -3.10. The molecular formula is C24H26ClN3O4S. The Morgan fingerprint density at radius 2 is 1.97 bits per heavy atom. The fourth-order valence-corrected chi connectivity index (χ4v) is 3.77. The van der Waals surface area contributed by atoms with E-state index >= 15 is 0 Å². The first-order chi connectivity index (χ1) is 19.1. The van der Waals surface area contributed by atoms with Crippen LogP contribution in [0, 0.1) is 0 Å². The second kappa shape index (κ2) is 9.41. The van der Waals surface area contributed by atoms with Gasteiger partial charge in [-0.05, 0) is 53.5 Å². The number of methoxy groups -OCH3 is 1. The number of aromatic nitrogens is 2. The van der Waals surface area contributed by atoms with Gasteiger partial charge in [0, 0.05) is 35.2 Å². The molecule has 9 heteroatoms. The van der Waals surface area contributed by atoms with Crippen molar-refractivity contribution < 1.29 is 25.5 Å². The predicted molar refractivity (Wildman–Crippen MR) is 134 cm³/mol. The Morgan fingerprint density at radius 3 is 2.58 bits per heavy atom. The highest BCUT2D eigenvalue weighted by atomic mass is 35.5. The molecule has 0 aliphatic carbocycles. The van der Waals surface area contributed by atoms with E-state index in [2.05, 4.69) is 14.7 Å². The molecule has 0 saturated carbocycles. The third-order valence-electron chi connectivity index (χ3n) is 4.43. The molecule has 7 nitrogen and oxygen atoms in total. The maximum atomic E-state index is 12.7. The number of nitrogens with zero attached hydrogens (tertiary/aromatic N) is 1. The lowest BCUT2D eigenvalue weighted by Crippen LogP contribution is -2.15. The van der Waals surface area contributed by atoms with Crippen LogP contribution in [0.5, 0.6) is 5.75 Å². The monoisotopic (exact) mass is 496 g/mol. The second-order valence-corrected chi connectivity index (χ2v) is 9.32. The van der Waals surface area contributed by atoms with Gasteiger partial charge in [-0.3, -0.25) is 14.5 Å². The van der Waals surface area contributed by atoms with Crippen LogP contribution in [0.1, 0.15) is 49.7 Å². The first-order valence-corrected chi connectivity index (χ1v) is 11.6. The van der Waals surface area contributed by atoms with Crippen molar-refractivity contribution in [2.24, 2.45) is 0 Å². The van der Waals surface area contributed by atoms with Gasteiger partial charge in [-0.15, -0.1) is 0 Å². The molecule has 0 aliphatic rings. The predicted octanol–water partition coefficient (Wildman–Crippen LogP) is 4.94. The van der Waals surface area contributed by atoms with Crippen molar-refractivity contribution in [1.29, 1.82) is 0 Å². The van der Waals surface area contributed by atoms with E-state index in [1.165, 1.54) is 48.8 Å². The molecule has 33 heavy (non-hydrogen) atoms. The van der Waals surface area contributed by atoms with Gasteiger partial charge >= 0.3 is 0 Å². The first kappa shape index (κ1) is 14.9. The number of nitrogens with one attached hydrogen (secondary N) is 2. The number of aromatic amines is 1. The van der Waals surface area contributed by atoms with E-state index in [1.54, 1.807) is 0 Å². The van der Waals surface area contributed by atoms with E-state index in [0.29, 0.717) is 0 Å². The van der Waals surface area contributed by atoms with E-state index in [1.807, 2.05) is 0 Å². The zero-order valence-corrected chi connectivity index (χ0v) is 19.1. The van der Waals surface area contributed by atoms with E-state index in [0.717, 1.165) is 19.4 Å². The lowest BCUT2D eigenvalue weighted by atomic mass is 9.83. The van der Waals surface area contributed by atoms with Crippen LogP contribution < -0.4 is 15.0 Å². The number of ether oxygens (including phenoxy) is 1. The summed E-state index contributed by atoms with van der Waals surface area (Å²) in [4.78, 5) is 19.3. The van der Waals surface area contributed by atoms with Crippen molar-refractivity contribution in [2.45, 2.75) is 26.0 Å². The number of sulfonamides is 1. The van der Waals surface area contributed by atoms with Crippen molar-refractivity contribution in [2.75, 3.05) is 18.1 Å². The number of H-pyrrole nitrogens is 1. The molecule has 0 saturated heterocycles. The van der Waals surface area contributed by atoms with Crippen LogP contribution in [0.4, 0.5) is 5.69 Å². The number of anilines is 1. The highest BCUT2D eigenvalue weighted by Crippen LogP contribution is 2.38. The summed E-state index contributed by atoms with van der Waals surface area (Å²) in [5.41, 5.74) is -4.42. The molecular weight excluding hydrogens is 462 g/mol. The van der Waals surface area contributed by atoms with Crippen LogP contribution in [-0.2, 0) is 15.4 Å². The van der Waals surface area contributed by atoms with Crippen LogP contribution in [0.2, 0.25) is 5.02 Å². The van der Waals surface area contributed by atoms with Crippen LogP contribution >= 0.6 is 11.6 Å². The van der Waals surface area contributed by atoms with Crippen molar-refractivity contribution in [3.63, 3.8) is 0 Å². The molecule has 0 aliphatic heterocycles. The summed E-state index contributed by atoms with van der Waals surface area (Å²) in [6.45, 7) is -10.8. The topological polar surface area (TPSA) is 101 Å². The molecule has 174 valence electrons. The lowest BCUT2D eigenvalue weighted by Gasteiger charge is -2.24. The number of benzene rings is 1. The normalized spacial score (nSPS) is 17.4. The minimum Gasteiger partial charge on any atom is -0.496 e. The number of hydrogen-bond acceptors (Lipinski definition) is 5. The third kappa shape index (κ3) is 6.24. The SMILES string of the molecule is [2H]C([2H])([2H])C(c1cc(-c2cc(Cl)c[nH]c2=O)cc(/C=C/c2ccc(NS(C)(=O)=O)cn2)c1OC)(C([2H])([2H])[2H])C([2H])([2H])[2H]. The van der Waals surface area contributed by atoms with Gasteiger partial charge < -0.3 is 9.72 Å². The van der Waals surface area contributed by atoms with Gasteiger partial charge in [0.2, 0.25) is 10.0 Å². The Kier molecular flexibility index (Phi) is 4.26. The smallest absolute Gasteiger partial charge is 0.255 e. The van der Waals surface area contributed by atoms with Crippen molar-refractivity contribution >= 4 is 39.5 Å². The zero-order valence-electron chi connectivity index (χ0n) is 26.6. The van der Waals surface area contributed by atoms with E-state index in [-0.39, 0.29) is 38.8 Å². The van der Waals surface area contributed by atoms with Crippen molar-refractivity contribution in [3.8, 4) is 16.9 Å². The highest BCUT2D eigenvalue weighted by molar-refractivity contribution is 7.92. The highest BCUT2D eigenvalue weighted by Gasteiger charge is 2.23. The summed E-state index contributed by atoms with van der Waals surface area (Å²) in [5.74, 6) is -0.368. The average molecular weight is 497 g/mol. The molecule has 2 N–H and O–H groups in total. The Labute approximate surface area is 211 Å². The van der Waals surface area contributed by atoms with Crippen molar-refractivity contribution in [3.05, 3.63) is 74.9 Å². The Morgan fingerprint density at radius 1 is 1.21 bits per heavy atom. The third-order valence-corrected chi connectivity index (χ3v) is 5.25. The van der Waals surface area contributed by atoms with Crippen molar-refractivity contribution in [1.82, 2.24) is 9.97 Å². The molecule has 0 atom stereocenters. The summed E-state index contributed by atoms with van der Waals surface area (Å²) < 4.78 is 104. The fourth-order valence-electron chi connectivity index (χ4n) is 3.06. The summed E-state index contributed by atoms with van der Waals surface area (Å²) in [5, 5.41) is 0.0970. The van der Waals surface area contributed by atoms with Crippen LogP contribution in [-0.4, -0.2) is 31.8 Å². The fraction of sp³-hybridized carbons (Fsp3) is 0.250. The molecule has 2 heterocycles. The molecule has 0 bridgehead atoms. The standard InChI is InChI=1S/C24H26ClN3O4S/c1-24(2,3)21-11-16(20-12-17(25)13-27-23(20)29)10-15(22(21)32-4)6-7-18-8-9-19(14-26-18)28-33(5,30)31/h6-14,28H,1-5H3,(H,27,29)/b7-6+/i1D3,2D3,3D3. The Balaban J connectivity index is 2.42. The van der Waals surface area contributed by atoms with Gasteiger partial charge in [-0.25, -0.2) is 8.42 Å². The number of halogens is 1. The van der Waals surface area contributed by atoms with E-state index in [9.17, 15) is 13.2 Å². The lowest BCUT2D eigenvalue weighted by molar-refractivity contribution is 0.397. The van der Waals surface area contributed by atoms with Gasteiger partial charge in [-0.2, -0.15) is 0 Å². The van der Waals surface area contributed by atoms with Crippen LogP contribution in [0.3, 0.4) is 0 Å². The summed E-state index contributed by atoms with van der Waals surface area (Å²) in [6, 6.07) is 6.53. The number of pyridine rings is 2. The molecule has 0 radical (unpaired) electrons. The minimum atomic E-state index is -3.61. The van der Waals surface area contributed by atoms with Gasteiger partial charge in [-0.1, -0.05) is 32.2 Å². The van der Waals surface area contributed by atoms with Crippen LogP contribution in [0.15, 0.2) is 47.5 Å². The largest absolute Gasteiger partial charge is 0.496 e. The van der Waals surface area contributed by atoms with Gasteiger partial charge in [0.15, 0.2) is 0 Å². The molecule has 0 fully saturated rings. The molecule has 0 amide bonds. The molecule has 3 aromatic rings. The van der Waals surface area contributed by atoms with E-state index < -0.39 is 47.1 Å². The minimum absolute atomic E-state index is 0.0200. The van der Waals surface area contributed by atoms with Gasteiger partial charge in [0.1, 0.15) is 5.75 Å². The summed E-state index contributed by atoms with van der Waals surface area (Å²) in [6.07, 6.45) is 6.21. The maximum absolute atomic E-state index is 12.7. The first-order valence-electron chi connectivity index (χ1n) is 13.9. The summed E-state index contributed by atoms with van der Waals surface area (Å²) >= 11 is 6.08. The number of rotatable bonds is 6. The maximum Gasteiger partial charge on any atom is 0.255 e. The van der Waals surface area contributed by atoms with E-state index in [4.69, 9.17) is 28.7 Å².